The Balaban J connectivity index is 2.15. The van der Waals surface area contributed by atoms with Crippen LogP contribution in [0.1, 0.15) is 23.7 Å². The number of carbonyl (C=O) groups excluding carboxylic acids is 1. The monoisotopic (exact) mass is 311 g/mol. The Kier molecular flexibility index (Phi) is 4.27. The van der Waals surface area contributed by atoms with Gasteiger partial charge in [-0.15, -0.1) is 0 Å². The third kappa shape index (κ3) is 2.53. The van der Waals surface area contributed by atoms with Gasteiger partial charge in [-0.25, -0.2) is 0 Å². The average Bonchev–Trinajstić information content (AvgIpc) is 2.79. The summed E-state index contributed by atoms with van der Waals surface area (Å²) in [5.74, 6) is 1.46. The summed E-state index contributed by atoms with van der Waals surface area (Å²) in [6, 6.07) is 7.62. The van der Waals surface area contributed by atoms with Gasteiger partial charge in [0, 0.05) is 23.5 Å². The summed E-state index contributed by atoms with van der Waals surface area (Å²) in [6.07, 6.45) is 1.08. The van der Waals surface area contributed by atoms with E-state index in [1.54, 1.807) is 7.11 Å². The number of amides is 1. The molecule has 0 radical (unpaired) electrons. The van der Waals surface area contributed by atoms with Crippen molar-refractivity contribution < 1.29 is 9.53 Å². The molecule has 98 valence electrons. The highest BCUT2D eigenvalue weighted by molar-refractivity contribution is 9.09. The molecule has 1 aliphatic heterocycles. The van der Waals surface area contributed by atoms with Crippen LogP contribution in [0.2, 0.25) is 0 Å². The average molecular weight is 312 g/mol. The van der Waals surface area contributed by atoms with Gasteiger partial charge >= 0.3 is 0 Å². The molecule has 0 saturated carbocycles. The molecular formula is C14H18BrNO2. The number of methoxy groups -OCH3 is 1. The van der Waals surface area contributed by atoms with Crippen LogP contribution in [0.15, 0.2) is 24.3 Å². The lowest BCUT2D eigenvalue weighted by Crippen LogP contribution is -2.38. The van der Waals surface area contributed by atoms with Crippen molar-refractivity contribution in [2.24, 2.45) is 5.92 Å². The molecule has 18 heavy (non-hydrogen) atoms. The second kappa shape index (κ2) is 5.74. The molecule has 1 amide bonds. The van der Waals surface area contributed by atoms with Gasteiger partial charge in [0.25, 0.3) is 5.91 Å². The molecule has 0 spiro atoms. The van der Waals surface area contributed by atoms with Gasteiger partial charge in [0.2, 0.25) is 0 Å². The molecule has 0 N–H and O–H groups in total. The molecule has 0 aliphatic carbocycles. The number of ether oxygens (including phenoxy) is 1. The van der Waals surface area contributed by atoms with Gasteiger partial charge in [-0.3, -0.25) is 4.79 Å². The van der Waals surface area contributed by atoms with Crippen molar-refractivity contribution in [1.82, 2.24) is 4.90 Å². The quantitative estimate of drug-likeness (QED) is 0.803. The van der Waals surface area contributed by atoms with E-state index in [9.17, 15) is 4.79 Å². The van der Waals surface area contributed by atoms with Crippen LogP contribution in [-0.4, -0.2) is 35.8 Å². The topological polar surface area (TPSA) is 29.5 Å². The van der Waals surface area contributed by atoms with E-state index >= 15 is 0 Å². The minimum Gasteiger partial charge on any atom is -0.497 e. The molecule has 3 nitrogen and oxygen atoms in total. The van der Waals surface area contributed by atoms with Crippen LogP contribution >= 0.6 is 15.9 Å². The van der Waals surface area contributed by atoms with Crippen LogP contribution in [0.25, 0.3) is 0 Å². The fourth-order valence-corrected chi connectivity index (χ4v) is 3.38. The Hall–Kier alpha value is -1.03. The summed E-state index contributed by atoms with van der Waals surface area (Å²) < 4.78 is 5.10. The summed E-state index contributed by atoms with van der Waals surface area (Å²) in [4.78, 5) is 14.4. The smallest absolute Gasteiger partial charge is 0.254 e. The number of likely N-dealkylation sites (tertiary alicyclic amines) is 1. The number of halogens is 1. The minimum atomic E-state index is 0.117. The van der Waals surface area contributed by atoms with E-state index in [0.717, 1.165) is 29.6 Å². The summed E-state index contributed by atoms with van der Waals surface area (Å²) in [5.41, 5.74) is 0.732. The fraction of sp³-hybridized carbons (Fsp3) is 0.500. The van der Waals surface area contributed by atoms with E-state index < -0.39 is 0 Å². The normalized spacial score (nSPS) is 23.2. The molecule has 0 bridgehead atoms. The molecule has 1 saturated heterocycles. The first kappa shape index (κ1) is 13.4. The summed E-state index contributed by atoms with van der Waals surface area (Å²) in [6.45, 7) is 3.05. The van der Waals surface area contributed by atoms with Crippen molar-refractivity contribution >= 4 is 21.8 Å². The Bertz CT molecular complexity index is 418. The molecule has 1 fully saturated rings. The molecule has 4 heteroatoms. The van der Waals surface area contributed by atoms with Crippen molar-refractivity contribution in [3.63, 3.8) is 0 Å². The highest BCUT2D eigenvalue weighted by Crippen LogP contribution is 2.27. The third-order valence-corrected chi connectivity index (χ3v) is 4.30. The molecule has 2 atom stereocenters. The van der Waals surface area contributed by atoms with Crippen molar-refractivity contribution in [3.8, 4) is 5.75 Å². The summed E-state index contributed by atoms with van der Waals surface area (Å²) in [7, 11) is 1.62. The predicted molar refractivity (Wildman–Crippen MR) is 75.4 cm³/mol. The Morgan fingerprint density at radius 1 is 1.44 bits per heavy atom. The van der Waals surface area contributed by atoms with Crippen LogP contribution in [-0.2, 0) is 0 Å². The van der Waals surface area contributed by atoms with Crippen LogP contribution in [0.3, 0.4) is 0 Å². The zero-order valence-corrected chi connectivity index (χ0v) is 12.3. The Labute approximate surface area is 116 Å². The van der Waals surface area contributed by atoms with Gasteiger partial charge in [-0.2, -0.15) is 0 Å². The second-order valence-electron chi connectivity index (χ2n) is 4.71. The van der Waals surface area contributed by atoms with E-state index in [-0.39, 0.29) is 5.91 Å². The van der Waals surface area contributed by atoms with Crippen LogP contribution in [0.5, 0.6) is 5.75 Å². The van der Waals surface area contributed by atoms with E-state index in [4.69, 9.17) is 4.74 Å². The number of benzene rings is 1. The predicted octanol–water partition coefficient (Wildman–Crippen LogP) is 2.94. The highest BCUT2D eigenvalue weighted by Gasteiger charge is 2.33. The Morgan fingerprint density at radius 3 is 2.67 bits per heavy atom. The molecule has 1 aromatic carbocycles. The molecular weight excluding hydrogens is 294 g/mol. The minimum absolute atomic E-state index is 0.117. The molecule has 1 heterocycles. The maximum Gasteiger partial charge on any atom is 0.254 e. The number of nitrogens with zero attached hydrogens (tertiary/aromatic N) is 1. The number of hydrogen-bond donors (Lipinski definition) is 0. The van der Waals surface area contributed by atoms with E-state index in [0.29, 0.717) is 12.0 Å². The first-order valence-electron chi connectivity index (χ1n) is 6.18. The largest absolute Gasteiger partial charge is 0.497 e. The Morgan fingerprint density at radius 2 is 2.11 bits per heavy atom. The molecule has 2 rings (SSSR count). The molecule has 0 aromatic heterocycles. The van der Waals surface area contributed by atoms with Gasteiger partial charge in [0.15, 0.2) is 0 Å². The van der Waals surface area contributed by atoms with E-state index in [1.807, 2.05) is 29.2 Å². The number of rotatable bonds is 3. The van der Waals surface area contributed by atoms with Crippen LogP contribution in [0.4, 0.5) is 0 Å². The van der Waals surface area contributed by atoms with Crippen LogP contribution < -0.4 is 4.74 Å². The second-order valence-corrected chi connectivity index (χ2v) is 5.36. The standard InChI is InChI=1S/C14H18BrNO2/c1-10-7-8-16(13(10)9-15)14(17)11-3-5-12(18-2)6-4-11/h3-6,10,13H,7-9H2,1-2H3. The van der Waals surface area contributed by atoms with Gasteiger partial charge in [-0.05, 0) is 36.6 Å². The van der Waals surface area contributed by atoms with Crippen molar-refractivity contribution in [3.05, 3.63) is 29.8 Å². The van der Waals surface area contributed by atoms with E-state index in [1.165, 1.54) is 0 Å². The first-order valence-corrected chi connectivity index (χ1v) is 7.30. The SMILES string of the molecule is COc1ccc(C(=O)N2CCC(C)C2CBr)cc1. The lowest BCUT2D eigenvalue weighted by Gasteiger charge is -2.25. The van der Waals surface area contributed by atoms with Gasteiger partial charge in [0.05, 0.1) is 7.11 Å². The molecule has 1 aliphatic rings. The number of alkyl halides is 1. The highest BCUT2D eigenvalue weighted by atomic mass is 79.9. The third-order valence-electron chi connectivity index (χ3n) is 3.64. The fourth-order valence-electron chi connectivity index (χ4n) is 2.40. The lowest BCUT2D eigenvalue weighted by atomic mass is 10.0. The number of hydrogen-bond acceptors (Lipinski definition) is 2. The zero-order valence-electron chi connectivity index (χ0n) is 10.7. The summed E-state index contributed by atoms with van der Waals surface area (Å²) >= 11 is 3.51. The van der Waals surface area contributed by atoms with Gasteiger partial charge in [0.1, 0.15) is 5.75 Å². The maximum absolute atomic E-state index is 12.4. The summed E-state index contributed by atoms with van der Waals surface area (Å²) in [5, 5.41) is 0.843. The van der Waals surface area contributed by atoms with Crippen molar-refractivity contribution in [1.29, 1.82) is 0 Å². The van der Waals surface area contributed by atoms with Crippen molar-refractivity contribution in [2.75, 3.05) is 19.0 Å². The van der Waals surface area contributed by atoms with Crippen molar-refractivity contribution in [2.45, 2.75) is 19.4 Å². The first-order chi connectivity index (χ1) is 8.67. The van der Waals surface area contributed by atoms with Gasteiger partial charge < -0.3 is 9.64 Å². The number of carbonyl (C=O) groups is 1. The lowest BCUT2D eigenvalue weighted by molar-refractivity contribution is 0.0738. The van der Waals surface area contributed by atoms with Gasteiger partial charge in [-0.1, -0.05) is 22.9 Å². The molecule has 2 unspecified atom stereocenters. The maximum atomic E-state index is 12.4. The molecule has 1 aromatic rings. The van der Waals surface area contributed by atoms with Crippen LogP contribution in [0, 0.1) is 5.92 Å². The zero-order chi connectivity index (χ0) is 13.1. The van der Waals surface area contributed by atoms with E-state index in [2.05, 4.69) is 22.9 Å².